The Kier molecular flexibility index (Phi) is 2.26. The third-order valence-electron chi connectivity index (χ3n) is 2.25. The molecule has 0 radical (unpaired) electrons. The molecule has 76 valence electrons. The minimum Gasteiger partial charge on any atom is -0.296 e. The van der Waals surface area contributed by atoms with Crippen LogP contribution in [0.15, 0.2) is 0 Å². The second kappa shape index (κ2) is 3.43. The average molecular weight is 201 g/mol. The van der Waals surface area contributed by atoms with Gasteiger partial charge in [-0.3, -0.25) is 4.79 Å². The lowest BCUT2D eigenvalue weighted by atomic mass is 10.3. The fourth-order valence-electron chi connectivity index (χ4n) is 1.32. The van der Waals surface area contributed by atoms with Crippen molar-refractivity contribution in [1.82, 2.24) is 15.0 Å². The first-order valence-electron chi connectivity index (χ1n) is 4.39. The fourth-order valence-corrected chi connectivity index (χ4v) is 1.32. The Hall–Kier alpha value is -1.33. The van der Waals surface area contributed by atoms with Gasteiger partial charge in [0.25, 0.3) is 6.43 Å². The Labute approximate surface area is 78.9 Å². The maximum absolute atomic E-state index is 12.5. The van der Waals surface area contributed by atoms with E-state index >= 15 is 0 Å². The van der Waals surface area contributed by atoms with Gasteiger partial charge in [-0.05, 0) is 18.8 Å². The monoisotopic (exact) mass is 201 g/mol. The predicted octanol–water partition coefficient (Wildman–Crippen LogP) is 1.44. The molecule has 1 aliphatic carbocycles. The number of hydrogen-bond donors (Lipinski definition) is 0. The molecule has 0 atom stereocenters. The molecule has 1 aliphatic rings. The van der Waals surface area contributed by atoms with Crippen LogP contribution in [0, 0.1) is 5.92 Å². The maximum Gasteiger partial charge on any atom is 0.282 e. The summed E-state index contributed by atoms with van der Waals surface area (Å²) in [6.45, 7) is 0.445. The van der Waals surface area contributed by atoms with Crippen LogP contribution in [0.5, 0.6) is 0 Å². The van der Waals surface area contributed by atoms with Crippen LogP contribution in [-0.4, -0.2) is 21.3 Å². The van der Waals surface area contributed by atoms with E-state index in [4.69, 9.17) is 0 Å². The molecular formula is C8H9F2N3O. The highest BCUT2D eigenvalue weighted by atomic mass is 19.3. The second-order valence-electron chi connectivity index (χ2n) is 3.40. The molecule has 0 unspecified atom stereocenters. The van der Waals surface area contributed by atoms with Gasteiger partial charge in [0.05, 0.1) is 0 Å². The van der Waals surface area contributed by atoms with E-state index in [-0.39, 0.29) is 11.4 Å². The third kappa shape index (κ3) is 1.64. The Bertz CT molecular complexity index is 346. The van der Waals surface area contributed by atoms with Crippen LogP contribution in [-0.2, 0) is 6.54 Å². The summed E-state index contributed by atoms with van der Waals surface area (Å²) in [6.07, 6.45) is -0.292. The molecule has 0 aliphatic heterocycles. The maximum atomic E-state index is 12.5. The summed E-state index contributed by atoms with van der Waals surface area (Å²) >= 11 is 0. The lowest BCUT2D eigenvalue weighted by Crippen LogP contribution is -2.08. The van der Waals surface area contributed by atoms with Crippen LogP contribution in [0.25, 0.3) is 0 Å². The zero-order valence-corrected chi connectivity index (χ0v) is 7.36. The first-order valence-corrected chi connectivity index (χ1v) is 4.39. The smallest absolute Gasteiger partial charge is 0.282 e. The van der Waals surface area contributed by atoms with Crippen LogP contribution in [0.1, 0.15) is 35.4 Å². The van der Waals surface area contributed by atoms with Gasteiger partial charge in [0.2, 0.25) is 0 Å². The molecule has 1 saturated carbocycles. The molecule has 0 spiro atoms. The van der Waals surface area contributed by atoms with Crippen LogP contribution in [0.4, 0.5) is 8.78 Å². The Morgan fingerprint density at radius 2 is 2.29 bits per heavy atom. The van der Waals surface area contributed by atoms with Crippen molar-refractivity contribution in [2.24, 2.45) is 5.92 Å². The van der Waals surface area contributed by atoms with Crippen molar-refractivity contribution in [1.29, 1.82) is 0 Å². The summed E-state index contributed by atoms with van der Waals surface area (Å²) in [5, 5.41) is 6.95. The van der Waals surface area contributed by atoms with Gasteiger partial charge in [-0.2, -0.15) is 0 Å². The highest BCUT2D eigenvalue weighted by Crippen LogP contribution is 2.32. The van der Waals surface area contributed by atoms with Crippen molar-refractivity contribution in [2.45, 2.75) is 25.8 Å². The number of hydrogen-bond acceptors (Lipinski definition) is 3. The molecular weight excluding hydrogens is 192 g/mol. The van der Waals surface area contributed by atoms with Crippen molar-refractivity contribution in [2.75, 3.05) is 0 Å². The van der Waals surface area contributed by atoms with Crippen molar-refractivity contribution < 1.29 is 13.6 Å². The zero-order valence-electron chi connectivity index (χ0n) is 7.36. The number of carbonyl (C=O) groups excluding carboxylic acids is 1. The van der Waals surface area contributed by atoms with Crippen LogP contribution < -0.4 is 0 Å². The summed E-state index contributed by atoms with van der Waals surface area (Å²) in [5.41, 5.74) is -0.604. The topological polar surface area (TPSA) is 47.8 Å². The molecule has 0 bridgehead atoms. The highest BCUT2D eigenvalue weighted by molar-refractivity contribution is 5.73. The number of aromatic nitrogens is 3. The summed E-state index contributed by atoms with van der Waals surface area (Å²) in [4.78, 5) is 10.4. The Morgan fingerprint density at radius 3 is 2.79 bits per heavy atom. The summed E-state index contributed by atoms with van der Waals surface area (Å²) in [6, 6.07) is 0. The van der Waals surface area contributed by atoms with Crippen molar-refractivity contribution in [3.8, 4) is 0 Å². The van der Waals surface area contributed by atoms with Gasteiger partial charge in [-0.15, -0.1) is 5.10 Å². The molecule has 14 heavy (non-hydrogen) atoms. The largest absolute Gasteiger partial charge is 0.296 e. The average Bonchev–Trinajstić information content (AvgIpc) is 2.83. The summed E-state index contributed by atoms with van der Waals surface area (Å²) < 4.78 is 26.2. The van der Waals surface area contributed by atoms with E-state index in [1.165, 1.54) is 0 Å². The molecule has 6 heteroatoms. The lowest BCUT2D eigenvalue weighted by Gasteiger charge is -2.03. The first-order chi connectivity index (χ1) is 6.72. The molecule has 0 N–H and O–H groups in total. The van der Waals surface area contributed by atoms with E-state index in [0.29, 0.717) is 18.7 Å². The van der Waals surface area contributed by atoms with E-state index in [9.17, 15) is 13.6 Å². The van der Waals surface area contributed by atoms with E-state index in [0.717, 1.165) is 17.5 Å². The highest BCUT2D eigenvalue weighted by Gasteiger charge is 2.27. The molecule has 0 aromatic carbocycles. The van der Waals surface area contributed by atoms with Crippen molar-refractivity contribution in [3.63, 3.8) is 0 Å². The lowest BCUT2D eigenvalue weighted by molar-refractivity contribution is 0.109. The van der Waals surface area contributed by atoms with Gasteiger partial charge in [0.1, 0.15) is 5.69 Å². The van der Waals surface area contributed by atoms with Gasteiger partial charge in [0.15, 0.2) is 12.0 Å². The zero-order chi connectivity index (χ0) is 10.1. The molecule has 1 fully saturated rings. The molecule has 2 rings (SSSR count). The number of rotatable bonds is 4. The van der Waals surface area contributed by atoms with E-state index in [2.05, 4.69) is 10.3 Å². The minimum atomic E-state index is -2.69. The molecule has 1 aromatic rings. The number of nitrogens with zero attached hydrogens (tertiary/aromatic N) is 3. The number of carbonyl (C=O) groups is 1. The normalized spacial score (nSPS) is 16.2. The summed E-state index contributed by atoms with van der Waals surface area (Å²) in [7, 11) is 0. The number of aldehydes is 1. The van der Waals surface area contributed by atoms with Crippen molar-refractivity contribution in [3.05, 3.63) is 11.4 Å². The van der Waals surface area contributed by atoms with E-state index < -0.39 is 6.43 Å². The number of alkyl halides is 2. The van der Waals surface area contributed by atoms with Gasteiger partial charge >= 0.3 is 0 Å². The molecule has 1 aromatic heterocycles. The Morgan fingerprint density at radius 1 is 1.57 bits per heavy atom. The van der Waals surface area contributed by atoms with E-state index in [1.54, 1.807) is 0 Å². The quantitative estimate of drug-likeness (QED) is 0.692. The van der Waals surface area contributed by atoms with E-state index in [1.807, 2.05) is 0 Å². The van der Waals surface area contributed by atoms with Gasteiger partial charge in [0, 0.05) is 6.54 Å². The standard InChI is InChI=1S/C8H9F2N3O/c9-8(10)7-6(4-14)11-12-13(7)3-5-1-2-5/h4-5,8H,1-3H2. The van der Waals surface area contributed by atoms with Crippen LogP contribution in [0.2, 0.25) is 0 Å². The SMILES string of the molecule is O=Cc1nnn(CC2CC2)c1C(F)F. The molecule has 0 saturated heterocycles. The fraction of sp³-hybridized carbons (Fsp3) is 0.625. The van der Waals surface area contributed by atoms with Gasteiger partial charge in [-0.1, -0.05) is 5.21 Å². The predicted molar refractivity (Wildman–Crippen MR) is 43.1 cm³/mol. The van der Waals surface area contributed by atoms with Crippen molar-refractivity contribution >= 4 is 6.29 Å². The second-order valence-corrected chi connectivity index (χ2v) is 3.40. The molecule has 1 heterocycles. The van der Waals surface area contributed by atoms with Crippen LogP contribution >= 0.6 is 0 Å². The third-order valence-corrected chi connectivity index (χ3v) is 2.25. The van der Waals surface area contributed by atoms with Gasteiger partial charge in [-0.25, -0.2) is 13.5 Å². The summed E-state index contributed by atoms with van der Waals surface area (Å²) in [5.74, 6) is 0.425. The van der Waals surface area contributed by atoms with Crippen LogP contribution in [0.3, 0.4) is 0 Å². The minimum absolute atomic E-state index is 0.249. The Balaban J connectivity index is 2.27. The molecule has 0 amide bonds. The molecule has 4 nitrogen and oxygen atoms in total. The van der Waals surface area contributed by atoms with Gasteiger partial charge < -0.3 is 0 Å². The first kappa shape index (κ1) is 9.23. The number of halogens is 2.